The molecule has 0 radical (unpaired) electrons. The molecule has 0 bridgehead atoms. The van der Waals surface area contributed by atoms with Crippen molar-refractivity contribution in [3.63, 3.8) is 0 Å². The van der Waals surface area contributed by atoms with Crippen LogP contribution in [0, 0.1) is 0 Å². The molecule has 0 aliphatic carbocycles. The van der Waals surface area contributed by atoms with Gasteiger partial charge >= 0.3 is 0 Å². The summed E-state index contributed by atoms with van der Waals surface area (Å²) in [5, 5.41) is 82.0. The normalized spacial score (nSPS) is 31.2. The van der Waals surface area contributed by atoms with Crippen LogP contribution in [0.4, 0.5) is 0 Å². The fourth-order valence-electron chi connectivity index (χ4n) is 4.94. The Bertz CT molecular complexity index is 1520. The highest BCUT2D eigenvalue weighted by molar-refractivity contribution is 5.88. The predicted octanol–water partition coefficient (Wildman–Crippen LogP) is -0.355. The number of fused-ring (bicyclic) bond motifs is 1. The van der Waals surface area contributed by atoms with Crippen molar-refractivity contribution in [3.8, 4) is 40.1 Å². The van der Waals surface area contributed by atoms with Gasteiger partial charge in [-0.2, -0.15) is 0 Å². The molecule has 0 spiro atoms. The fraction of sp³-hybridized carbons (Fsp3) is 0.464. The highest BCUT2D eigenvalue weighted by Gasteiger charge is 2.46. The first kappa shape index (κ1) is 30.8. The maximum Gasteiger partial charge on any atom is 0.239 e. The lowest BCUT2D eigenvalue weighted by atomic mass is 9.99. The Hall–Kier alpha value is -3.67. The molecule has 1 aromatic heterocycles. The number of hydrogen-bond acceptors (Lipinski definition) is 15. The first-order valence-electron chi connectivity index (χ1n) is 13.3. The van der Waals surface area contributed by atoms with Gasteiger partial charge in [0.15, 0.2) is 23.5 Å². The minimum Gasteiger partial charge on any atom is -0.508 e. The third kappa shape index (κ3) is 5.93. The smallest absolute Gasteiger partial charge is 0.239 e. The minimum absolute atomic E-state index is 0.00335. The molecule has 8 N–H and O–H groups in total. The maximum atomic E-state index is 13.7. The lowest BCUT2D eigenvalue weighted by molar-refractivity contribution is -0.305. The van der Waals surface area contributed by atoms with E-state index in [9.17, 15) is 45.6 Å². The minimum atomic E-state index is -1.90. The summed E-state index contributed by atoms with van der Waals surface area (Å²) >= 11 is 0. The number of aromatic hydroxyl groups is 3. The molecule has 3 heterocycles. The topological polar surface area (TPSA) is 238 Å². The lowest BCUT2D eigenvalue weighted by Crippen LogP contribution is -2.61. The van der Waals surface area contributed by atoms with Crippen LogP contribution in [-0.2, 0) is 14.2 Å². The molecule has 3 aromatic rings. The zero-order chi connectivity index (χ0) is 31.2. The predicted molar refractivity (Wildman–Crippen MR) is 144 cm³/mol. The number of aliphatic hydroxyl groups excluding tert-OH is 5. The van der Waals surface area contributed by atoms with Gasteiger partial charge in [-0.05, 0) is 25.1 Å². The first-order valence-corrected chi connectivity index (χ1v) is 13.3. The van der Waals surface area contributed by atoms with Crippen LogP contribution in [0.5, 0.6) is 28.7 Å². The van der Waals surface area contributed by atoms with Gasteiger partial charge in [-0.1, -0.05) is 0 Å². The second-order valence-electron chi connectivity index (χ2n) is 10.4. The number of methoxy groups -OCH3 is 1. The molecule has 0 unspecified atom stereocenters. The Balaban J connectivity index is 1.49. The molecule has 2 aliphatic heterocycles. The third-order valence-corrected chi connectivity index (χ3v) is 7.37. The molecule has 9 atom stereocenters. The molecule has 5 rings (SSSR count). The zero-order valence-corrected chi connectivity index (χ0v) is 22.9. The summed E-state index contributed by atoms with van der Waals surface area (Å²) in [6.07, 6.45) is -12.6. The molecule has 234 valence electrons. The standard InChI is InChI=1S/C28H32O15/c1-10-14(31)8-16(33)27(40-10)39-9-19-21(34)23(36)24(37)28(42-19)43-26-22(35)20-15(32)6-12(29)7-18(20)41-25(26)11-3-4-13(30)17(5-11)38-2/h3-7,10,14,16,19,21,23-24,27-34,36-37H,8-9H2,1-2H3/t10-,14+,16+,19+,21-,23-,24+,27+,28-/m0/s1. The van der Waals surface area contributed by atoms with E-state index in [2.05, 4.69) is 0 Å². The lowest BCUT2D eigenvalue weighted by Gasteiger charge is -2.41. The molecule has 2 aromatic carbocycles. The van der Waals surface area contributed by atoms with Crippen molar-refractivity contribution in [2.75, 3.05) is 13.7 Å². The Kier molecular flexibility index (Phi) is 8.69. The van der Waals surface area contributed by atoms with Crippen molar-refractivity contribution in [2.45, 2.75) is 68.7 Å². The van der Waals surface area contributed by atoms with Gasteiger partial charge in [0.25, 0.3) is 0 Å². The molecule has 43 heavy (non-hydrogen) atoms. The molecule has 15 heteroatoms. The van der Waals surface area contributed by atoms with Crippen LogP contribution in [0.3, 0.4) is 0 Å². The fourth-order valence-corrected chi connectivity index (χ4v) is 4.94. The van der Waals surface area contributed by atoms with Crippen LogP contribution in [-0.4, -0.2) is 110 Å². The van der Waals surface area contributed by atoms with Gasteiger partial charge in [0.1, 0.15) is 53.0 Å². The molecule has 0 saturated carbocycles. The molecule has 2 fully saturated rings. The van der Waals surface area contributed by atoms with E-state index >= 15 is 0 Å². The number of ether oxygens (including phenoxy) is 5. The molecule has 2 saturated heterocycles. The molecule has 2 aliphatic rings. The van der Waals surface area contributed by atoms with Gasteiger partial charge in [-0.15, -0.1) is 0 Å². The van der Waals surface area contributed by atoms with E-state index in [-0.39, 0.29) is 40.2 Å². The van der Waals surface area contributed by atoms with Crippen LogP contribution in [0.2, 0.25) is 0 Å². The van der Waals surface area contributed by atoms with E-state index in [4.69, 9.17) is 28.1 Å². The quantitative estimate of drug-likeness (QED) is 0.171. The Morgan fingerprint density at radius 2 is 1.63 bits per heavy atom. The highest BCUT2D eigenvalue weighted by atomic mass is 16.7. The summed E-state index contributed by atoms with van der Waals surface area (Å²) in [7, 11) is 1.30. The number of benzene rings is 2. The second kappa shape index (κ2) is 12.1. The largest absolute Gasteiger partial charge is 0.508 e. The average molecular weight is 609 g/mol. The number of phenolic OH excluding ortho intramolecular Hbond substituents is 3. The second-order valence-corrected chi connectivity index (χ2v) is 10.4. The van der Waals surface area contributed by atoms with Crippen molar-refractivity contribution < 1.29 is 69.0 Å². The highest BCUT2D eigenvalue weighted by Crippen LogP contribution is 2.39. The monoisotopic (exact) mass is 608 g/mol. The Morgan fingerprint density at radius 3 is 2.35 bits per heavy atom. The van der Waals surface area contributed by atoms with Crippen molar-refractivity contribution in [1.82, 2.24) is 0 Å². The number of phenols is 3. The summed E-state index contributed by atoms with van der Waals surface area (Å²) in [5.74, 6) is -2.14. The van der Waals surface area contributed by atoms with E-state index in [1.165, 1.54) is 25.3 Å². The summed E-state index contributed by atoms with van der Waals surface area (Å²) < 4.78 is 33.5. The van der Waals surface area contributed by atoms with E-state index in [1.807, 2.05) is 0 Å². The van der Waals surface area contributed by atoms with Gasteiger partial charge in [0.2, 0.25) is 17.5 Å². The molecular formula is C28H32O15. The Morgan fingerprint density at radius 1 is 0.884 bits per heavy atom. The number of aliphatic hydroxyl groups is 5. The van der Waals surface area contributed by atoms with Gasteiger partial charge in [-0.3, -0.25) is 4.79 Å². The Labute approximate surface area is 243 Å². The molecule has 15 nitrogen and oxygen atoms in total. The number of rotatable bonds is 7. The van der Waals surface area contributed by atoms with E-state index in [0.717, 1.165) is 12.1 Å². The van der Waals surface area contributed by atoms with Crippen LogP contribution in [0.25, 0.3) is 22.3 Å². The van der Waals surface area contributed by atoms with Crippen LogP contribution >= 0.6 is 0 Å². The van der Waals surface area contributed by atoms with Gasteiger partial charge < -0.3 is 69.0 Å². The number of hydrogen-bond donors (Lipinski definition) is 8. The summed E-state index contributed by atoms with van der Waals surface area (Å²) in [4.78, 5) is 13.7. The summed E-state index contributed by atoms with van der Waals surface area (Å²) in [5.41, 5.74) is -1.04. The van der Waals surface area contributed by atoms with Crippen LogP contribution < -0.4 is 14.9 Å². The SMILES string of the molecule is COc1cc(-c2oc3cc(O)cc(O)c3c(=O)c2O[C@@H]2O[C@H](CO[C@@H]3O[C@@H](C)[C@H](O)C[C@H]3O)[C@H](O)[C@H](O)[C@H]2O)ccc1O. The van der Waals surface area contributed by atoms with Crippen molar-refractivity contribution in [1.29, 1.82) is 0 Å². The van der Waals surface area contributed by atoms with Crippen LogP contribution in [0.15, 0.2) is 39.5 Å². The van der Waals surface area contributed by atoms with Crippen molar-refractivity contribution >= 4 is 11.0 Å². The summed E-state index contributed by atoms with van der Waals surface area (Å²) in [6.45, 7) is 1.11. The van der Waals surface area contributed by atoms with Gasteiger partial charge in [-0.25, -0.2) is 0 Å². The third-order valence-electron chi connectivity index (χ3n) is 7.37. The van der Waals surface area contributed by atoms with Gasteiger partial charge in [0, 0.05) is 24.1 Å². The summed E-state index contributed by atoms with van der Waals surface area (Å²) in [6, 6.07) is 5.92. The van der Waals surface area contributed by atoms with E-state index in [0.29, 0.717) is 0 Å². The molecular weight excluding hydrogens is 576 g/mol. The van der Waals surface area contributed by atoms with Gasteiger partial charge in [0.05, 0.1) is 25.9 Å². The van der Waals surface area contributed by atoms with E-state index in [1.54, 1.807) is 6.92 Å². The first-order chi connectivity index (χ1) is 20.4. The maximum absolute atomic E-state index is 13.7. The van der Waals surface area contributed by atoms with Crippen LogP contribution in [0.1, 0.15) is 13.3 Å². The average Bonchev–Trinajstić information content (AvgIpc) is 2.96. The van der Waals surface area contributed by atoms with Crippen molar-refractivity contribution in [3.05, 3.63) is 40.6 Å². The zero-order valence-electron chi connectivity index (χ0n) is 22.9. The van der Waals surface area contributed by atoms with Crippen molar-refractivity contribution in [2.24, 2.45) is 0 Å². The van der Waals surface area contributed by atoms with E-state index < -0.39 is 84.6 Å². The molecule has 0 amide bonds.